The summed E-state index contributed by atoms with van der Waals surface area (Å²) in [5.74, 6) is 0. The Bertz CT molecular complexity index is 108. The average molecular weight is 184 g/mol. The first-order chi connectivity index (χ1) is 6.41. The van der Waals surface area contributed by atoms with Crippen LogP contribution in [0.1, 0.15) is 58.3 Å². The van der Waals surface area contributed by atoms with Crippen LogP contribution in [0.5, 0.6) is 0 Å². The van der Waals surface area contributed by atoms with Crippen LogP contribution in [-0.4, -0.2) is 11.7 Å². The topological polar surface area (TPSA) is 20.2 Å². The van der Waals surface area contributed by atoms with Gasteiger partial charge in [0.15, 0.2) is 0 Å². The maximum absolute atomic E-state index is 8.55. The molecular weight excluding hydrogens is 160 g/mol. The van der Waals surface area contributed by atoms with Gasteiger partial charge in [-0.2, -0.15) is 0 Å². The molecule has 0 heterocycles. The van der Waals surface area contributed by atoms with Gasteiger partial charge in [0.1, 0.15) is 0 Å². The summed E-state index contributed by atoms with van der Waals surface area (Å²) in [5.41, 5.74) is 0. The number of rotatable bonds is 9. The maximum Gasteiger partial charge on any atom is 0.0431 e. The van der Waals surface area contributed by atoms with E-state index in [0.29, 0.717) is 6.61 Å². The predicted molar refractivity (Wildman–Crippen MR) is 58.8 cm³/mol. The van der Waals surface area contributed by atoms with Gasteiger partial charge in [0.2, 0.25) is 0 Å². The Hall–Kier alpha value is -0.300. The zero-order chi connectivity index (χ0) is 9.78. The summed E-state index contributed by atoms with van der Waals surface area (Å²) in [6, 6.07) is 0. The fraction of sp³-hybridized carbons (Fsp3) is 0.833. The smallest absolute Gasteiger partial charge is 0.0431 e. The zero-order valence-electron chi connectivity index (χ0n) is 8.97. The van der Waals surface area contributed by atoms with Crippen LogP contribution in [0.15, 0.2) is 12.2 Å². The van der Waals surface area contributed by atoms with E-state index in [1.165, 1.54) is 38.5 Å². The zero-order valence-corrected chi connectivity index (χ0v) is 8.97. The van der Waals surface area contributed by atoms with E-state index in [9.17, 15) is 0 Å². The quantitative estimate of drug-likeness (QED) is 0.428. The van der Waals surface area contributed by atoms with Gasteiger partial charge in [-0.3, -0.25) is 0 Å². The molecular formula is C12H24O. The molecule has 0 saturated carbocycles. The molecule has 0 spiro atoms. The van der Waals surface area contributed by atoms with Gasteiger partial charge in [-0.15, -0.1) is 0 Å². The third-order valence-electron chi connectivity index (χ3n) is 2.17. The lowest BCUT2D eigenvalue weighted by Gasteiger charge is -1.94. The van der Waals surface area contributed by atoms with Crippen LogP contribution in [0.2, 0.25) is 0 Å². The predicted octanol–water partition coefficient (Wildman–Crippen LogP) is 3.68. The summed E-state index contributed by atoms with van der Waals surface area (Å²) in [6.45, 7) is 2.58. The van der Waals surface area contributed by atoms with Gasteiger partial charge in [0, 0.05) is 6.61 Å². The van der Waals surface area contributed by atoms with Crippen LogP contribution in [-0.2, 0) is 0 Å². The Morgan fingerprint density at radius 2 is 1.46 bits per heavy atom. The highest BCUT2D eigenvalue weighted by Gasteiger charge is 1.85. The van der Waals surface area contributed by atoms with Crippen LogP contribution < -0.4 is 0 Å². The minimum absolute atomic E-state index is 0.347. The molecule has 0 saturated heterocycles. The van der Waals surface area contributed by atoms with Gasteiger partial charge < -0.3 is 5.11 Å². The Balaban J connectivity index is 2.95. The summed E-state index contributed by atoms with van der Waals surface area (Å²) in [5, 5.41) is 8.55. The third kappa shape index (κ3) is 11.7. The van der Waals surface area contributed by atoms with Crippen molar-refractivity contribution in [2.24, 2.45) is 0 Å². The highest BCUT2D eigenvalue weighted by molar-refractivity contribution is 4.81. The first-order valence-electron chi connectivity index (χ1n) is 5.67. The van der Waals surface area contributed by atoms with Crippen molar-refractivity contribution in [3.05, 3.63) is 12.2 Å². The van der Waals surface area contributed by atoms with E-state index in [1.807, 2.05) is 0 Å². The molecule has 0 aromatic rings. The van der Waals surface area contributed by atoms with Crippen molar-refractivity contribution in [3.63, 3.8) is 0 Å². The molecule has 1 N–H and O–H groups in total. The average Bonchev–Trinajstić information content (AvgIpc) is 2.16. The normalized spacial score (nSPS) is 11.2. The van der Waals surface area contributed by atoms with E-state index >= 15 is 0 Å². The molecule has 0 aromatic carbocycles. The summed E-state index contributed by atoms with van der Waals surface area (Å²) in [4.78, 5) is 0. The second-order valence-electron chi connectivity index (χ2n) is 3.54. The first-order valence-corrected chi connectivity index (χ1v) is 5.67. The van der Waals surface area contributed by atoms with Crippen molar-refractivity contribution in [2.75, 3.05) is 6.61 Å². The van der Waals surface area contributed by atoms with E-state index in [-0.39, 0.29) is 0 Å². The molecule has 0 radical (unpaired) electrons. The molecule has 0 aliphatic rings. The second kappa shape index (κ2) is 11.7. The van der Waals surface area contributed by atoms with E-state index in [2.05, 4.69) is 19.1 Å². The van der Waals surface area contributed by atoms with Crippen LogP contribution in [0.3, 0.4) is 0 Å². The Kier molecular flexibility index (Phi) is 11.4. The molecule has 1 heteroatoms. The molecule has 0 aliphatic carbocycles. The minimum Gasteiger partial charge on any atom is -0.396 e. The van der Waals surface area contributed by atoms with Crippen molar-refractivity contribution in [2.45, 2.75) is 58.3 Å². The molecule has 0 unspecified atom stereocenters. The van der Waals surface area contributed by atoms with Gasteiger partial charge in [-0.25, -0.2) is 0 Å². The number of hydrogen-bond acceptors (Lipinski definition) is 1. The lowest BCUT2D eigenvalue weighted by atomic mass is 10.1. The molecule has 0 aliphatic heterocycles. The highest BCUT2D eigenvalue weighted by atomic mass is 16.2. The molecule has 0 atom stereocenters. The van der Waals surface area contributed by atoms with Crippen molar-refractivity contribution in [3.8, 4) is 0 Å². The van der Waals surface area contributed by atoms with Crippen LogP contribution in [0, 0.1) is 0 Å². The van der Waals surface area contributed by atoms with E-state index in [0.717, 1.165) is 12.8 Å². The molecule has 0 rings (SSSR count). The molecule has 13 heavy (non-hydrogen) atoms. The standard InChI is InChI=1S/C12H24O/c1-2-3-4-5-6-7-8-9-10-11-12-13/h6-7,13H,2-5,8-12H2,1H3/b7-6-. The molecule has 1 nitrogen and oxygen atoms in total. The molecule has 0 fully saturated rings. The van der Waals surface area contributed by atoms with Gasteiger partial charge >= 0.3 is 0 Å². The van der Waals surface area contributed by atoms with Crippen LogP contribution >= 0.6 is 0 Å². The van der Waals surface area contributed by atoms with E-state index < -0.39 is 0 Å². The number of hydrogen-bond donors (Lipinski definition) is 1. The number of aliphatic hydroxyl groups excluding tert-OH is 1. The lowest BCUT2D eigenvalue weighted by Crippen LogP contribution is -1.81. The SMILES string of the molecule is CCCCC/C=C\CCCCCO. The summed E-state index contributed by atoms with van der Waals surface area (Å²) in [7, 11) is 0. The van der Waals surface area contributed by atoms with Crippen molar-refractivity contribution < 1.29 is 5.11 Å². The largest absolute Gasteiger partial charge is 0.396 e. The third-order valence-corrected chi connectivity index (χ3v) is 2.17. The van der Waals surface area contributed by atoms with Crippen molar-refractivity contribution in [1.29, 1.82) is 0 Å². The van der Waals surface area contributed by atoms with Crippen molar-refractivity contribution in [1.82, 2.24) is 0 Å². The number of aliphatic hydroxyl groups is 1. The molecule has 0 aromatic heterocycles. The first kappa shape index (κ1) is 12.7. The van der Waals surface area contributed by atoms with Gasteiger partial charge in [-0.1, -0.05) is 38.3 Å². The van der Waals surface area contributed by atoms with E-state index in [1.54, 1.807) is 0 Å². The fourth-order valence-electron chi connectivity index (χ4n) is 1.30. The molecule has 78 valence electrons. The Labute approximate surface area is 82.9 Å². The monoisotopic (exact) mass is 184 g/mol. The highest BCUT2D eigenvalue weighted by Crippen LogP contribution is 2.03. The van der Waals surface area contributed by atoms with Gasteiger partial charge in [0.25, 0.3) is 0 Å². The Morgan fingerprint density at radius 1 is 0.846 bits per heavy atom. The van der Waals surface area contributed by atoms with Gasteiger partial charge in [0.05, 0.1) is 0 Å². The molecule has 0 bridgehead atoms. The Morgan fingerprint density at radius 3 is 2.00 bits per heavy atom. The van der Waals surface area contributed by atoms with Crippen LogP contribution in [0.25, 0.3) is 0 Å². The number of unbranched alkanes of at least 4 members (excludes halogenated alkanes) is 6. The van der Waals surface area contributed by atoms with Gasteiger partial charge in [-0.05, 0) is 32.1 Å². The summed E-state index contributed by atoms with van der Waals surface area (Å²) in [6.07, 6.45) is 14.4. The summed E-state index contributed by atoms with van der Waals surface area (Å²) >= 11 is 0. The fourth-order valence-corrected chi connectivity index (χ4v) is 1.30. The summed E-state index contributed by atoms with van der Waals surface area (Å²) < 4.78 is 0. The second-order valence-corrected chi connectivity index (χ2v) is 3.54. The molecule has 0 amide bonds. The van der Waals surface area contributed by atoms with E-state index in [4.69, 9.17) is 5.11 Å². The maximum atomic E-state index is 8.55. The van der Waals surface area contributed by atoms with Crippen LogP contribution in [0.4, 0.5) is 0 Å². The number of allylic oxidation sites excluding steroid dienone is 2. The van der Waals surface area contributed by atoms with Crippen molar-refractivity contribution >= 4 is 0 Å². The minimum atomic E-state index is 0.347. The lowest BCUT2D eigenvalue weighted by molar-refractivity contribution is 0.283.